The fourth-order valence-corrected chi connectivity index (χ4v) is 2.74. The van der Waals surface area contributed by atoms with Crippen molar-refractivity contribution < 1.29 is 9.84 Å². The predicted molar refractivity (Wildman–Crippen MR) is 83.3 cm³/mol. The second-order valence-corrected chi connectivity index (χ2v) is 5.84. The lowest BCUT2D eigenvalue weighted by molar-refractivity contribution is 0.305. The van der Waals surface area contributed by atoms with Crippen molar-refractivity contribution in [2.45, 2.75) is 27.4 Å². The molecule has 2 rings (SSSR count). The Bertz CT molecular complexity index is 659. The topological polar surface area (TPSA) is 29.5 Å². The largest absolute Gasteiger partial charge is 0.488 e. The summed E-state index contributed by atoms with van der Waals surface area (Å²) in [6.45, 7) is 6.69. The number of hydrogen-bond acceptors (Lipinski definition) is 3. The maximum Gasteiger partial charge on any atom is 0.125 e. The molecule has 2 aromatic rings. The number of ether oxygens (including phenoxy) is 1. The molecule has 1 aromatic heterocycles. The second-order valence-electron chi connectivity index (χ2n) is 4.67. The number of aliphatic hydroxyl groups is 1. The number of hydrogen-bond donors (Lipinski definition) is 1. The molecule has 0 aliphatic rings. The molecule has 0 aliphatic carbocycles. The van der Waals surface area contributed by atoms with Gasteiger partial charge in [0.1, 0.15) is 19.0 Å². The van der Waals surface area contributed by atoms with Gasteiger partial charge in [-0.15, -0.1) is 11.3 Å². The Morgan fingerprint density at radius 1 is 1.10 bits per heavy atom. The molecule has 2 nitrogen and oxygen atoms in total. The van der Waals surface area contributed by atoms with Gasteiger partial charge in [-0.25, -0.2) is 0 Å². The third-order valence-electron chi connectivity index (χ3n) is 3.18. The van der Waals surface area contributed by atoms with Gasteiger partial charge in [0.2, 0.25) is 0 Å². The fourth-order valence-electron chi connectivity index (χ4n) is 1.94. The van der Waals surface area contributed by atoms with E-state index in [9.17, 15) is 0 Å². The fraction of sp³-hybridized carbons (Fsp3) is 0.294. The van der Waals surface area contributed by atoms with E-state index in [1.165, 1.54) is 11.1 Å². The summed E-state index contributed by atoms with van der Waals surface area (Å²) >= 11 is 1.60. The molecule has 1 heterocycles. The van der Waals surface area contributed by atoms with E-state index in [2.05, 4.69) is 44.7 Å². The van der Waals surface area contributed by atoms with Crippen LogP contribution in [0.2, 0.25) is 0 Å². The van der Waals surface area contributed by atoms with Crippen molar-refractivity contribution in [2.24, 2.45) is 0 Å². The van der Waals surface area contributed by atoms with Gasteiger partial charge in [-0.05, 0) is 49.6 Å². The predicted octanol–water partition coefficient (Wildman–Crippen LogP) is 3.60. The Morgan fingerprint density at radius 3 is 2.60 bits per heavy atom. The Morgan fingerprint density at radius 2 is 1.85 bits per heavy atom. The van der Waals surface area contributed by atoms with E-state index in [1.54, 1.807) is 11.3 Å². The zero-order valence-electron chi connectivity index (χ0n) is 12.0. The second kappa shape index (κ2) is 6.60. The molecule has 0 spiro atoms. The highest BCUT2D eigenvalue weighted by Gasteiger charge is 2.07. The molecule has 0 atom stereocenters. The number of aryl methyl sites for hydroxylation is 2. The van der Waals surface area contributed by atoms with Crippen LogP contribution in [0, 0.1) is 32.6 Å². The maximum atomic E-state index is 8.68. The number of benzene rings is 1. The first-order chi connectivity index (χ1) is 9.61. The molecule has 0 amide bonds. The van der Waals surface area contributed by atoms with Gasteiger partial charge in [0.25, 0.3) is 0 Å². The molecule has 0 bridgehead atoms. The van der Waals surface area contributed by atoms with Gasteiger partial charge >= 0.3 is 0 Å². The third-order valence-corrected chi connectivity index (χ3v) is 4.16. The van der Waals surface area contributed by atoms with Crippen LogP contribution in [-0.2, 0) is 6.61 Å². The smallest absolute Gasteiger partial charge is 0.125 e. The zero-order chi connectivity index (χ0) is 14.5. The van der Waals surface area contributed by atoms with Crippen LogP contribution < -0.4 is 4.74 Å². The summed E-state index contributed by atoms with van der Waals surface area (Å²) in [4.78, 5) is 2.09. The SMILES string of the molecule is Cc1ccc(C)c(OCc2ccc(C#CCO)s2)c1C. The molecule has 3 heteroatoms. The average Bonchev–Trinajstić information content (AvgIpc) is 2.89. The van der Waals surface area contributed by atoms with Crippen molar-refractivity contribution in [3.63, 3.8) is 0 Å². The lowest BCUT2D eigenvalue weighted by Crippen LogP contribution is -1.98. The molecule has 0 unspecified atom stereocenters. The van der Waals surface area contributed by atoms with E-state index in [0.29, 0.717) is 6.61 Å². The average molecular weight is 286 g/mol. The number of thiophene rings is 1. The number of rotatable bonds is 3. The molecule has 0 saturated carbocycles. The minimum absolute atomic E-state index is 0.106. The van der Waals surface area contributed by atoms with E-state index < -0.39 is 0 Å². The molecule has 0 radical (unpaired) electrons. The zero-order valence-corrected chi connectivity index (χ0v) is 12.8. The summed E-state index contributed by atoms with van der Waals surface area (Å²) in [5, 5.41) is 8.68. The van der Waals surface area contributed by atoms with Crippen molar-refractivity contribution in [2.75, 3.05) is 6.61 Å². The summed E-state index contributed by atoms with van der Waals surface area (Å²) < 4.78 is 5.97. The third kappa shape index (κ3) is 3.41. The van der Waals surface area contributed by atoms with E-state index in [1.807, 2.05) is 12.1 Å². The molecular weight excluding hydrogens is 268 g/mol. The van der Waals surface area contributed by atoms with E-state index in [0.717, 1.165) is 21.1 Å². The van der Waals surface area contributed by atoms with E-state index >= 15 is 0 Å². The Kier molecular flexibility index (Phi) is 4.84. The van der Waals surface area contributed by atoms with Crippen LogP contribution in [0.15, 0.2) is 24.3 Å². The monoisotopic (exact) mass is 286 g/mol. The minimum Gasteiger partial charge on any atom is -0.488 e. The summed E-state index contributed by atoms with van der Waals surface area (Å²) in [6.07, 6.45) is 0. The van der Waals surface area contributed by atoms with Gasteiger partial charge in [-0.2, -0.15) is 0 Å². The highest BCUT2D eigenvalue weighted by molar-refractivity contribution is 7.12. The quantitative estimate of drug-likeness (QED) is 0.874. The normalized spacial score (nSPS) is 10.0. The summed E-state index contributed by atoms with van der Waals surface area (Å²) in [5.41, 5.74) is 3.60. The number of aliphatic hydroxyl groups excluding tert-OH is 1. The van der Waals surface area contributed by atoms with Gasteiger partial charge in [0, 0.05) is 4.88 Å². The van der Waals surface area contributed by atoms with E-state index in [-0.39, 0.29) is 6.61 Å². The highest BCUT2D eigenvalue weighted by Crippen LogP contribution is 2.27. The van der Waals surface area contributed by atoms with Crippen molar-refractivity contribution in [3.8, 4) is 17.6 Å². The van der Waals surface area contributed by atoms with Gasteiger partial charge < -0.3 is 9.84 Å². The lowest BCUT2D eigenvalue weighted by Gasteiger charge is -2.13. The molecule has 1 aromatic carbocycles. The van der Waals surface area contributed by atoms with Crippen molar-refractivity contribution in [1.82, 2.24) is 0 Å². The maximum absolute atomic E-state index is 8.68. The van der Waals surface area contributed by atoms with Crippen LogP contribution in [0.3, 0.4) is 0 Å². The first-order valence-electron chi connectivity index (χ1n) is 6.50. The molecule has 1 N–H and O–H groups in total. The lowest BCUT2D eigenvalue weighted by atomic mass is 10.1. The molecule has 0 aliphatic heterocycles. The van der Waals surface area contributed by atoms with Crippen molar-refractivity contribution in [1.29, 1.82) is 0 Å². The Balaban J connectivity index is 2.09. The van der Waals surface area contributed by atoms with Crippen LogP contribution in [-0.4, -0.2) is 11.7 Å². The summed E-state index contributed by atoms with van der Waals surface area (Å²) in [5.74, 6) is 6.53. The molecular formula is C17H18O2S. The summed E-state index contributed by atoms with van der Waals surface area (Å²) in [6, 6.07) is 8.18. The van der Waals surface area contributed by atoms with Crippen LogP contribution >= 0.6 is 11.3 Å². The molecule has 20 heavy (non-hydrogen) atoms. The molecule has 104 valence electrons. The molecule has 0 saturated heterocycles. The first kappa shape index (κ1) is 14.6. The standard InChI is InChI=1S/C17H18O2S/c1-12-6-7-13(2)17(14(12)3)19-11-16-9-8-15(20-16)5-4-10-18/h6-9,18H,10-11H2,1-3H3. The van der Waals surface area contributed by atoms with Crippen molar-refractivity contribution >= 4 is 11.3 Å². The van der Waals surface area contributed by atoms with Crippen molar-refractivity contribution in [3.05, 3.63) is 50.7 Å². The first-order valence-corrected chi connectivity index (χ1v) is 7.31. The van der Waals surface area contributed by atoms with Crippen LogP contribution in [0.1, 0.15) is 26.4 Å². The summed E-state index contributed by atoms with van der Waals surface area (Å²) in [7, 11) is 0. The highest BCUT2D eigenvalue weighted by atomic mass is 32.1. The van der Waals surface area contributed by atoms with Crippen LogP contribution in [0.5, 0.6) is 5.75 Å². The van der Waals surface area contributed by atoms with Crippen LogP contribution in [0.25, 0.3) is 0 Å². The van der Waals surface area contributed by atoms with E-state index in [4.69, 9.17) is 9.84 Å². The Hall–Kier alpha value is -1.76. The van der Waals surface area contributed by atoms with Gasteiger partial charge in [-0.1, -0.05) is 24.0 Å². The van der Waals surface area contributed by atoms with Crippen LogP contribution in [0.4, 0.5) is 0 Å². The Labute approximate surface area is 124 Å². The van der Waals surface area contributed by atoms with Gasteiger partial charge in [-0.3, -0.25) is 0 Å². The van der Waals surface area contributed by atoms with Gasteiger partial charge in [0.15, 0.2) is 0 Å². The minimum atomic E-state index is -0.106. The molecule has 0 fully saturated rings. The van der Waals surface area contributed by atoms with Gasteiger partial charge in [0.05, 0.1) is 4.88 Å².